The van der Waals surface area contributed by atoms with Crippen LogP contribution in [0.15, 0.2) is 18.2 Å². The first-order valence-corrected chi connectivity index (χ1v) is 6.48. The zero-order valence-electron chi connectivity index (χ0n) is 11.2. The van der Waals surface area contributed by atoms with E-state index in [0.717, 1.165) is 12.0 Å². The number of carbonyl (C=O) groups is 1. The number of phenolic OH excluding ortho intramolecular Hbond substituents is 2. The van der Waals surface area contributed by atoms with Crippen LogP contribution >= 0.6 is 0 Å². The fourth-order valence-corrected chi connectivity index (χ4v) is 1.58. The summed E-state index contributed by atoms with van der Waals surface area (Å²) in [5, 5.41) is 21.2. The molecule has 1 aromatic carbocycles. The predicted octanol–water partition coefficient (Wildman–Crippen LogP) is 1.57. The van der Waals surface area contributed by atoms with Crippen LogP contribution in [0.1, 0.15) is 25.3 Å². The number of aryl methyl sites for hydroxylation is 1. The van der Waals surface area contributed by atoms with Crippen molar-refractivity contribution in [1.29, 1.82) is 0 Å². The van der Waals surface area contributed by atoms with Gasteiger partial charge < -0.3 is 20.3 Å². The van der Waals surface area contributed by atoms with Gasteiger partial charge in [0, 0.05) is 19.6 Å². The van der Waals surface area contributed by atoms with Gasteiger partial charge in [-0.05, 0) is 30.5 Å². The summed E-state index contributed by atoms with van der Waals surface area (Å²) in [7, 11) is 0. The number of carbonyl (C=O) groups excluding carboxylic acids is 1. The second kappa shape index (κ2) is 8.37. The number of rotatable bonds is 8. The molecule has 0 aliphatic rings. The van der Waals surface area contributed by atoms with Crippen LogP contribution in [0.25, 0.3) is 0 Å². The van der Waals surface area contributed by atoms with Crippen molar-refractivity contribution in [2.45, 2.75) is 26.2 Å². The summed E-state index contributed by atoms with van der Waals surface area (Å²) in [6.45, 7) is 3.79. The minimum Gasteiger partial charge on any atom is -0.504 e. The molecule has 1 amide bonds. The van der Waals surface area contributed by atoms with E-state index in [-0.39, 0.29) is 17.4 Å². The largest absolute Gasteiger partial charge is 0.504 e. The Morgan fingerprint density at radius 1 is 1.26 bits per heavy atom. The highest BCUT2D eigenvalue weighted by Gasteiger charge is 2.04. The van der Waals surface area contributed by atoms with Crippen molar-refractivity contribution in [3.8, 4) is 11.5 Å². The Balaban J connectivity index is 2.20. The van der Waals surface area contributed by atoms with Crippen LogP contribution in [0.4, 0.5) is 0 Å². The maximum atomic E-state index is 11.5. The van der Waals surface area contributed by atoms with E-state index in [9.17, 15) is 9.90 Å². The summed E-state index contributed by atoms with van der Waals surface area (Å²) in [6, 6.07) is 4.57. The van der Waals surface area contributed by atoms with E-state index >= 15 is 0 Å². The molecule has 0 aromatic heterocycles. The lowest BCUT2D eigenvalue weighted by molar-refractivity contribution is -0.121. The van der Waals surface area contributed by atoms with Gasteiger partial charge in [0.2, 0.25) is 5.91 Å². The number of aromatic hydroxyl groups is 2. The molecule has 5 nitrogen and oxygen atoms in total. The standard InChI is InChI=1S/C14H21NO4/c1-2-8-19-9-7-15-14(18)6-4-11-3-5-12(16)13(17)10-11/h3,5,10,16-17H,2,4,6-9H2,1H3,(H,15,18). The van der Waals surface area contributed by atoms with Crippen molar-refractivity contribution in [3.05, 3.63) is 23.8 Å². The SMILES string of the molecule is CCCOCCNC(=O)CCc1ccc(O)c(O)c1. The van der Waals surface area contributed by atoms with E-state index in [4.69, 9.17) is 9.84 Å². The third-order valence-electron chi connectivity index (χ3n) is 2.60. The van der Waals surface area contributed by atoms with Crippen LogP contribution < -0.4 is 5.32 Å². The fraction of sp³-hybridized carbons (Fsp3) is 0.500. The lowest BCUT2D eigenvalue weighted by atomic mass is 10.1. The van der Waals surface area contributed by atoms with E-state index in [1.165, 1.54) is 12.1 Å². The van der Waals surface area contributed by atoms with Crippen molar-refractivity contribution in [2.75, 3.05) is 19.8 Å². The highest BCUT2D eigenvalue weighted by molar-refractivity contribution is 5.76. The normalized spacial score (nSPS) is 10.4. The molecule has 5 heteroatoms. The number of hydrogen-bond acceptors (Lipinski definition) is 4. The first-order chi connectivity index (χ1) is 9.13. The van der Waals surface area contributed by atoms with E-state index < -0.39 is 0 Å². The van der Waals surface area contributed by atoms with E-state index in [1.807, 2.05) is 6.92 Å². The molecule has 0 saturated heterocycles. The van der Waals surface area contributed by atoms with Gasteiger partial charge in [0.15, 0.2) is 11.5 Å². The molecular weight excluding hydrogens is 246 g/mol. The van der Waals surface area contributed by atoms with Gasteiger partial charge in [-0.1, -0.05) is 13.0 Å². The van der Waals surface area contributed by atoms with Gasteiger partial charge >= 0.3 is 0 Å². The van der Waals surface area contributed by atoms with Gasteiger partial charge in [0.05, 0.1) is 6.61 Å². The van der Waals surface area contributed by atoms with E-state index in [2.05, 4.69) is 5.32 Å². The molecule has 3 N–H and O–H groups in total. The maximum absolute atomic E-state index is 11.5. The van der Waals surface area contributed by atoms with Crippen LogP contribution in [0.5, 0.6) is 11.5 Å². The molecule has 1 aromatic rings. The van der Waals surface area contributed by atoms with Crippen LogP contribution in [0, 0.1) is 0 Å². The topological polar surface area (TPSA) is 78.8 Å². The van der Waals surface area contributed by atoms with Crippen molar-refractivity contribution < 1.29 is 19.7 Å². The Bertz CT molecular complexity index is 406. The molecule has 0 saturated carbocycles. The minimum absolute atomic E-state index is 0.0485. The molecule has 0 unspecified atom stereocenters. The zero-order valence-corrected chi connectivity index (χ0v) is 11.2. The second-order valence-electron chi connectivity index (χ2n) is 4.29. The number of nitrogens with one attached hydrogen (secondary N) is 1. The van der Waals surface area contributed by atoms with Crippen molar-refractivity contribution in [1.82, 2.24) is 5.32 Å². The quantitative estimate of drug-likeness (QED) is 0.493. The summed E-state index contributed by atoms with van der Waals surface area (Å²) in [5.41, 5.74) is 0.813. The number of benzene rings is 1. The highest BCUT2D eigenvalue weighted by Crippen LogP contribution is 2.25. The third kappa shape index (κ3) is 6.10. The first-order valence-electron chi connectivity index (χ1n) is 6.48. The average Bonchev–Trinajstić information content (AvgIpc) is 2.40. The van der Waals surface area contributed by atoms with Gasteiger partial charge in [-0.25, -0.2) is 0 Å². The smallest absolute Gasteiger partial charge is 0.220 e. The lowest BCUT2D eigenvalue weighted by Crippen LogP contribution is -2.27. The molecule has 0 aliphatic heterocycles. The van der Waals surface area contributed by atoms with Crippen LogP contribution in [-0.4, -0.2) is 35.9 Å². The molecule has 19 heavy (non-hydrogen) atoms. The summed E-state index contributed by atoms with van der Waals surface area (Å²) in [5.74, 6) is -0.361. The first kappa shape index (κ1) is 15.3. The number of amides is 1. The summed E-state index contributed by atoms with van der Waals surface area (Å²) >= 11 is 0. The zero-order chi connectivity index (χ0) is 14.1. The predicted molar refractivity (Wildman–Crippen MR) is 72.2 cm³/mol. The molecular formula is C14H21NO4. The highest BCUT2D eigenvalue weighted by atomic mass is 16.5. The number of hydrogen-bond donors (Lipinski definition) is 3. The minimum atomic E-state index is -0.161. The molecule has 0 heterocycles. The molecule has 0 spiro atoms. The van der Waals surface area contributed by atoms with Crippen molar-refractivity contribution >= 4 is 5.91 Å². The summed E-state index contributed by atoms with van der Waals surface area (Å²) in [6.07, 6.45) is 1.84. The van der Waals surface area contributed by atoms with Crippen LogP contribution in [-0.2, 0) is 16.0 Å². The molecule has 0 bridgehead atoms. The van der Waals surface area contributed by atoms with Crippen molar-refractivity contribution in [2.24, 2.45) is 0 Å². The Morgan fingerprint density at radius 2 is 2.05 bits per heavy atom. The summed E-state index contributed by atoms with van der Waals surface area (Å²) in [4.78, 5) is 11.5. The second-order valence-corrected chi connectivity index (χ2v) is 4.29. The molecule has 0 radical (unpaired) electrons. The molecule has 0 aliphatic carbocycles. The monoisotopic (exact) mass is 267 g/mol. The van der Waals surface area contributed by atoms with Crippen LogP contribution in [0.3, 0.4) is 0 Å². The average molecular weight is 267 g/mol. The van der Waals surface area contributed by atoms with Gasteiger partial charge in [-0.15, -0.1) is 0 Å². The van der Waals surface area contributed by atoms with E-state index in [0.29, 0.717) is 32.6 Å². The Hall–Kier alpha value is -1.75. The number of phenols is 2. The maximum Gasteiger partial charge on any atom is 0.220 e. The molecule has 0 atom stereocenters. The molecule has 0 fully saturated rings. The van der Waals surface area contributed by atoms with Gasteiger partial charge in [0.25, 0.3) is 0 Å². The third-order valence-corrected chi connectivity index (χ3v) is 2.60. The van der Waals surface area contributed by atoms with Crippen LogP contribution in [0.2, 0.25) is 0 Å². The van der Waals surface area contributed by atoms with Gasteiger partial charge in [-0.2, -0.15) is 0 Å². The van der Waals surface area contributed by atoms with Gasteiger partial charge in [0.1, 0.15) is 0 Å². The van der Waals surface area contributed by atoms with E-state index in [1.54, 1.807) is 6.07 Å². The van der Waals surface area contributed by atoms with Gasteiger partial charge in [-0.3, -0.25) is 4.79 Å². The Kier molecular flexibility index (Phi) is 6.74. The molecule has 1 rings (SSSR count). The Morgan fingerprint density at radius 3 is 2.74 bits per heavy atom. The molecule has 106 valence electrons. The fourth-order valence-electron chi connectivity index (χ4n) is 1.58. The number of ether oxygens (including phenoxy) is 1. The summed E-state index contributed by atoms with van der Waals surface area (Å²) < 4.78 is 5.25. The lowest BCUT2D eigenvalue weighted by Gasteiger charge is -2.06. The Labute approximate surface area is 113 Å². The van der Waals surface area contributed by atoms with Crippen molar-refractivity contribution in [3.63, 3.8) is 0 Å².